The minimum absolute atomic E-state index is 0.0493. The predicted molar refractivity (Wildman–Crippen MR) is 101 cm³/mol. The lowest BCUT2D eigenvalue weighted by Crippen LogP contribution is -2.32. The number of phenols is 1. The van der Waals surface area contributed by atoms with Crippen molar-refractivity contribution in [3.05, 3.63) is 41.3 Å². The maximum atomic E-state index is 13.8. The quantitative estimate of drug-likeness (QED) is 0.632. The third-order valence-corrected chi connectivity index (χ3v) is 5.86. The molecule has 0 saturated carbocycles. The molecular formula is C20H20FN5O2. The highest BCUT2D eigenvalue weighted by Crippen LogP contribution is 2.32. The summed E-state index contributed by atoms with van der Waals surface area (Å²) in [5.74, 6) is -0.203. The largest absolute Gasteiger partial charge is 0.505 e. The van der Waals surface area contributed by atoms with Crippen LogP contribution in [0.15, 0.2) is 24.3 Å². The summed E-state index contributed by atoms with van der Waals surface area (Å²) >= 11 is 0. The molecule has 3 N–H and O–H groups in total. The SMILES string of the molecule is Cc1n[nH]c2nc(-c3ccc(O)c(F)c3)cc(C(=O)N3CC4CNCC4C3)c12. The number of rotatable bonds is 2. The zero-order chi connectivity index (χ0) is 19.4. The molecule has 2 aliphatic rings. The summed E-state index contributed by atoms with van der Waals surface area (Å²) < 4.78 is 13.8. The van der Waals surface area contributed by atoms with Gasteiger partial charge in [-0.3, -0.25) is 9.89 Å². The highest BCUT2D eigenvalue weighted by atomic mass is 19.1. The van der Waals surface area contributed by atoms with Crippen LogP contribution in [-0.4, -0.2) is 57.3 Å². The number of likely N-dealkylation sites (tertiary alicyclic amines) is 1. The van der Waals surface area contributed by atoms with Gasteiger partial charge in [0, 0.05) is 31.7 Å². The molecule has 5 rings (SSSR count). The number of pyridine rings is 1. The second-order valence-corrected chi connectivity index (χ2v) is 7.64. The number of aromatic nitrogens is 3. The van der Waals surface area contributed by atoms with Crippen molar-refractivity contribution in [1.29, 1.82) is 0 Å². The van der Waals surface area contributed by atoms with Crippen LogP contribution >= 0.6 is 0 Å². The van der Waals surface area contributed by atoms with Crippen LogP contribution in [0.4, 0.5) is 4.39 Å². The van der Waals surface area contributed by atoms with Crippen molar-refractivity contribution in [1.82, 2.24) is 25.4 Å². The Bertz CT molecular complexity index is 1080. The van der Waals surface area contributed by atoms with Gasteiger partial charge in [-0.2, -0.15) is 5.10 Å². The van der Waals surface area contributed by atoms with Crippen molar-refractivity contribution in [2.75, 3.05) is 26.2 Å². The number of carbonyl (C=O) groups is 1. The van der Waals surface area contributed by atoms with E-state index in [-0.39, 0.29) is 5.91 Å². The number of H-pyrrole nitrogens is 1. The zero-order valence-electron chi connectivity index (χ0n) is 15.4. The van der Waals surface area contributed by atoms with Gasteiger partial charge in [-0.05, 0) is 43.0 Å². The average molecular weight is 381 g/mol. The molecule has 2 fully saturated rings. The fraction of sp³-hybridized carbons (Fsp3) is 0.350. The molecule has 2 saturated heterocycles. The van der Waals surface area contributed by atoms with Crippen molar-refractivity contribution in [2.24, 2.45) is 11.8 Å². The second-order valence-electron chi connectivity index (χ2n) is 7.64. The molecule has 4 heterocycles. The molecule has 2 aromatic heterocycles. The number of nitrogens with one attached hydrogen (secondary N) is 2. The van der Waals surface area contributed by atoms with E-state index in [1.807, 2.05) is 11.8 Å². The maximum Gasteiger partial charge on any atom is 0.254 e. The Labute approximate surface area is 160 Å². The number of aromatic hydroxyl groups is 1. The molecule has 2 atom stereocenters. The molecule has 3 aromatic rings. The van der Waals surface area contributed by atoms with E-state index in [1.165, 1.54) is 12.1 Å². The fourth-order valence-corrected chi connectivity index (χ4v) is 4.36. The van der Waals surface area contributed by atoms with E-state index in [4.69, 9.17) is 0 Å². The topological polar surface area (TPSA) is 94.1 Å². The summed E-state index contributed by atoms with van der Waals surface area (Å²) in [5, 5.41) is 20.6. The van der Waals surface area contributed by atoms with E-state index >= 15 is 0 Å². The summed E-state index contributed by atoms with van der Waals surface area (Å²) in [4.78, 5) is 19.8. The number of nitrogens with zero attached hydrogens (tertiary/aromatic N) is 3. The normalized spacial score (nSPS) is 21.4. The number of halogens is 1. The van der Waals surface area contributed by atoms with Gasteiger partial charge in [-0.25, -0.2) is 9.37 Å². The van der Waals surface area contributed by atoms with Gasteiger partial charge in [0.15, 0.2) is 17.2 Å². The van der Waals surface area contributed by atoms with E-state index in [1.54, 1.807) is 12.1 Å². The van der Waals surface area contributed by atoms with E-state index in [2.05, 4.69) is 20.5 Å². The van der Waals surface area contributed by atoms with Gasteiger partial charge in [0.05, 0.1) is 22.3 Å². The highest BCUT2D eigenvalue weighted by Gasteiger charge is 2.38. The smallest absolute Gasteiger partial charge is 0.254 e. The number of phenolic OH excluding ortho intramolecular Hbond substituents is 1. The molecule has 1 amide bonds. The van der Waals surface area contributed by atoms with Gasteiger partial charge < -0.3 is 15.3 Å². The van der Waals surface area contributed by atoms with Crippen LogP contribution < -0.4 is 5.32 Å². The first-order valence-corrected chi connectivity index (χ1v) is 9.36. The molecule has 0 bridgehead atoms. The van der Waals surface area contributed by atoms with Crippen LogP contribution in [0.2, 0.25) is 0 Å². The van der Waals surface area contributed by atoms with Gasteiger partial charge in [-0.15, -0.1) is 0 Å². The number of carbonyl (C=O) groups excluding carboxylic acids is 1. The van der Waals surface area contributed by atoms with Gasteiger partial charge in [-0.1, -0.05) is 0 Å². The zero-order valence-corrected chi connectivity index (χ0v) is 15.4. The van der Waals surface area contributed by atoms with Crippen LogP contribution in [0.3, 0.4) is 0 Å². The molecule has 2 aliphatic heterocycles. The van der Waals surface area contributed by atoms with Gasteiger partial charge in [0.2, 0.25) is 0 Å². The molecule has 0 radical (unpaired) electrons. The minimum Gasteiger partial charge on any atom is -0.505 e. The van der Waals surface area contributed by atoms with Crippen molar-refractivity contribution in [3.8, 4) is 17.0 Å². The summed E-state index contributed by atoms with van der Waals surface area (Å²) in [6, 6.07) is 5.78. The number of benzene rings is 1. The molecule has 0 spiro atoms. The second kappa shape index (κ2) is 6.27. The Hall–Kier alpha value is -3.00. The van der Waals surface area contributed by atoms with Crippen molar-refractivity contribution in [2.45, 2.75) is 6.92 Å². The van der Waals surface area contributed by atoms with E-state index < -0.39 is 11.6 Å². The monoisotopic (exact) mass is 381 g/mol. The van der Waals surface area contributed by atoms with Crippen LogP contribution in [0.1, 0.15) is 16.1 Å². The number of fused-ring (bicyclic) bond motifs is 2. The number of aromatic amines is 1. The third-order valence-electron chi connectivity index (χ3n) is 5.86. The first-order valence-electron chi connectivity index (χ1n) is 9.36. The molecule has 28 heavy (non-hydrogen) atoms. The maximum absolute atomic E-state index is 13.8. The highest BCUT2D eigenvalue weighted by molar-refractivity contribution is 6.07. The summed E-state index contributed by atoms with van der Waals surface area (Å²) in [6.45, 7) is 5.20. The molecule has 7 nitrogen and oxygen atoms in total. The van der Waals surface area contributed by atoms with Crippen LogP contribution in [0, 0.1) is 24.6 Å². The lowest BCUT2D eigenvalue weighted by molar-refractivity contribution is 0.0783. The Morgan fingerprint density at radius 1 is 1.25 bits per heavy atom. The van der Waals surface area contributed by atoms with Crippen molar-refractivity contribution in [3.63, 3.8) is 0 Å². The molecule has 144 valence electrons. The summed E-state index contributed by atoms with van der Waals surface area (Å²) in [5.41, 5.74) is 2.66. The molecule has 2 unspecified atom stereocenters. The third kappa shape index (κ3) is 2.63. The molecule has 0 aliphatic carbocycles. The Kier molecular flexibility index (Phi) is 3.83. The molecular weight excluding hydrogens is 361 g/mol. The van der Waals surface area contributed by atoms with Crippen molar-refractivity contribution < 1.29 is 14.3 Å². The minimum atomic E-state index is -0.729. The number of hydrogen-bond acceptors (Lipinski definition) is 5. The van der Waals surface area contributed by atoms with E-state index in [0.29, 0.717) is 45.4 Å². The molecule has 1 aromatic carbocycles. The Morgan fingerprint density at radius 3 is 2.71 bits per heavy atom. The van der Waals surface area contributed by atoms with Gasteiger partial charge in [0.25, 0.3) is 5.91 Å². The lowest BCUT2D eigenvalue weighted by atomic mass is 10.0. The first-order chi connectivity index (χ1) is 13.5. The van der Waals surface area contributed by atoms with Crippen molar-refractivity contribution >= 4 is 16.9 Å². The molecule has 8 heteroatoms. The summed E-state index contributed by atoms with van der Waals surface area (Å²) in [7, 11) is 0. The Balaban J connectivity index is 1.59. The van der Waals surface area contributed by atoms with Crippen LogP contribution in [0.5, 0.6) is 5.75 Å². The first kappa shape index (κ1) is 17.1. The van der Waals surface area contributed by atoms with E-state index in [0.717, 1.165) is 26.2 Å². The lowest BCUT2D eigenvalue weighted by Gasteiger charge is -2.18. The Morgan fingerprint density at radius 2 is 2.00 bits per heavy atom. The van der Waals surface area contributed by atoms with Crippen LogP contribution in [-0.2, 0) is 0 Å². The van der Waals surface area contributed by atoms with E-state index in [9.17, 15) is 14.3 Å². The van der Waals surface area contributed by atoms with Crippen LogP contribution in [0.25, 0.3) is 22.3 Å². The number of aryl methyl sites for hydroxylation is 1. The fourth-order valence-electron chi connectivity index (χ4n) is 4.36. The van der Waals surface area contributed by atoms with Gasteiger partial charge in [0.1, 0.15) is 0 Å². The van der Waals surface area contributed by atoms with Gasteiger partial charge >= 0.3 is 0 Å². The number of hydrogen-bond donors (Lipinski definition) is 3. The average Bonchev–Trinajstić information content (AvgIpc) is 3.38. The predicted octanol–water partition coefficient (Wildman–Crippen LogP) is 2.07. The standard InChI is InChI=1S/C20H20FN5O2/c1-10-18-14(20(28)26-8-12-6-22-7-13(12)9-26)5-16(23-19(18)25-24-10)11-2-3-17(27)15(21)4-11/h2-5,12-13,22,27H,6-9H2,1H3,(H,23,24,25). The summed E-state index contributed by atoms with van der Waals surface area (Å²) in [6.07, 6.45) is 0. The number of amides is 1.